The molecule has 3 heteroatoms. The van der Waals surface area contributed by atoms with E-state index in [2.05, 4.69) is 6.58 Å². The number of unbranched alkanes of at least 4 members (excludes halogenated alkanes) is 2. The van der Waals surface area contributed by atoms with Crippen LogP contribution in [0.15, 0.2) is 24.5 Å². The number of hydrogen-bond acceptors (Lipinski definition) is 3. The van der Waals surface area contributed by atoms with E-state index >= 15 is 0 Å². The van der Waals surface area contributed by atoms with Crippen LogP contribution in [0.4, 0.5) is 0 Å². The Kier molecular flexibility index (Phi) is 3.95. The van der Waals surface area contributed by atoms with Gasteiger partial charge in [0.1, 0.15) is 5.76 Å². The van der Waals surface area contributed by atoms with Crippen molar-refractivity contribution in [1.29, 1.82) is 0 Å². The lowest BCUT2D eigenvalue weighted by atomic mass is 10.1. The first-order valence-electron chi connectivity index (χ1n) is 5.27. The fourth-order valence-electron chi connectivity index (χ4n) is 1.64. The molecule has 15 heavy (non-hydrogen) atoms. The minimum absolute atomic E-state index is 0.315. The lowest BCUT2D eigenvalue weighted by molar-refractivity contribution is -0.215. The van der Waals surface area contributed by atoms with Gasteiger partial charge in [0.15, 0.2) is 0 Å². The molecular weight excluding hydrogens is 192 g/mol. The van der Waals surface area contributed by atoms with Crippen molar-refractivity contribution in [3.63, 3.8) is 0 Å². The van der Waals surface area contributed by atoms with Crippen LogP contribution in [0.1, 0.15) is 39.5 Å². The second-order valence-corrected chi connectivity index (χ2v) is 3.95. The molecule has 0 aliphatic carbocycles. The monoisotopic (exact) mass is 210 g/mol. The molecule has 1 rings (SSSR count). The third-order valence-electron chi connectivity index (χ3n) is 2.30. The van der Waals surface area contributed by atoms with Crippen molar-refractivity contribution in [3.05, 3.63) is 24.5 Å². The number of cyclic esters (lactones) is 1. The maximum atomic E-state index is 11.2. The highest BCUT2D eigenvalue weighted by atomic mass is 16.7. The fourth-order valence-corrected chi connectivity index (χ4v) is 1.64. The number of carbonyl (C=O) groups excluding carboxylic acids is 1. The van der Waals surface area contributed by atoms with Crippen LogP contribution in [0.3, 0.4) is 0 Å². The van der Waals surface area contributed by atoms with Crippen molar-refractivity contribution in [1.82, 2.24) is 0 Å². The van der Waals surface area contributed by atoms with Crippen LogP contribution in [0.5, 0.6) is 0 Å². The Bertz CT molecular complexity index is 281. The Morgan fingerprint density at radius 1 is 1.47 bits per heavy atom. The normalized spacial score (nSPS) is 25.2. The zero-order valence-corrected chi connectivity index (χ0v) is 9.41. The SMILES string of the molecule is C=CCCCCC1(C)OC(=O)C=C(C)O1. The van der Waals surface area contributed by atoms with Crippen molar-refractivity contribution >= 4 is 5.97 Å². The number of carbonyl (C=O) groups is 1. The van der Waals surface area contributed by atoms with Crippen LogP contribution in [-0.4, -0.2) is 11.8 Å². The average molecular weight is 210 g/mol. The van der Waals surface area contributed by atoms with Crippen LogP contribution < -0.4 is 0 Å². The molecule has 0 radical (unpaired) electrons. The van der Waals surface area contributed by atoms with Crippen LogP contribution in [0.25, 0.3) is 0 Å². The van der Waals surface area contributed by atoms with E-state index in [1.54, 1.807) is 13.8 Å². The van der Waals surface area contributed by atoms with Gasteiger partial charge in [-0.25, -0.2) is 4.79 Å². The molecule has 0 amide bonds. The quantitative estimate of drug-likeness (QED) is 0.397. The maximum Gasteiger partial charge on any atom is 0.337 e. The van der Waals surface area contributed by atoms with E-state index in [1.165, 1.54) is 6.08 Å². The molecule has 0 N–H and O–H groups in total. The molecular formula is C12H18O3. The van der Waals surface area contributed by atoms with Crippen molar-refractivity contribution in [2.24, 2.45) is 0 Å². The molecule has 0 spiro atoms. The van der Waals surface area contributed by atoms with Crippen molar-refractivity contribution < 1.29 is 14.3 Å². The highest BCUT2D eigenvalue weighted by molar-refractivity contribution is 5.83. The summed E-state index contributed by atoms with van der Waals surface area (Å²) >= 11 is 0. The Labute approximate surface area is 90.8 Å². The number of allylic oxidation sites excluding steroid dienone is 2. The van der Waals surface area contributed by atoms with Gasteiger partial charge < -0.3 is 9.47 Å². The molecule has 1 heterocycles. The molecule has 0 saturated heterocycles. The first kappa shape index (κ1) is 11.8. The van der Waals surface area contributed by atoms with Crippen LogP contribution in [-0.2, 0) is 14.3 Å². The Balaban J connectivity index is 2.42. The van der Waals surface area contributed by atoms with Gasteiger partial charge in [-0.1, -0.05) is 6.08 Å². The predicted molar refractivity (Wildman–Crippen MR) is 58.0 cm³/mol. The minimum Gasteiger partial charge on any atom is -0.457 e. The molecule has 0 bridgehead atoms. The summed E-state index contributed by atoms with van der Waals surface area (Å²) in [5, 5.41) is 0. The molecule has 0 aromatic rings. The standard InChI is InChI=1S/C12H18O3/c1-4-5-6-7-8-12(3)14-10(2)9-11(13)15-12/h4,9H,1,5-8H2,2-3H3. The van der Waals surface area contributed by atoms with Crippen molar-refractivity contribution in [3.8, 4) is 0 Å². The van der Waals surface area contributed by atoms with Gasteiger partial charge in [-0.05, 0) is 26.2 Å². The van der Waals surface area contributed by atoms with E-state index in [1.807, 2.05) is 6.08 Å². The van der Waals surface area contributed by atoms with Gasteiger partial charge in [0, 0.05) is 13.3 Å². The number of rotatable bonds is 5. The van der Waals surface area contributed by atoms with Crippen molar-refractivity contribution in [2.45, 2.75) is 45.3 Å². The number of hydrogen-bond donors (Lipinski definition) is 0. The summed E-state index contributed by atoms with van der Waals surface area (Å²) in [5.41, 5.74) is 0. The molecule has 0 aromatic carbocycles. The maximum absolute atomic E-state index is 11.2. The van der Waals surface area contributed by atoms with Gasteiger partial charge in [0.25, 0.3) is 5.79 Å². The molecule has 3 nitrogen and oxygen atoms in total. The van der Waals surface area contributed by atoms with E-state index in [0.29, 0.717) is 5.76 Å². The highest BCUT2D eigenvalue weighted by Crippen LogP contribution is 2.27. The largest absolute Gasteiger partial charge is 0.457 e. The van der Waals surface area contributed by atoms with Gasteiger partial charge in [-0.15, -0.1) is 6.58 Å². The molecule has 1 aliphatic heterocycles. The topological polar surface area (TPSA) is 35.5 Å². The summed E-state index contributed by atoms with van der Waals surface area (Å²) in [7, 11) is 0. The summed E-state index contributed by atoms with van der Waals surface area (Å²) in [6.07, 6.45) is 6.97. The second kappa shape index (κ2) is 5.01. The summed E-state index contributed by atoms with van der Waals surface area (Å²) in [6, 6.07) is 0. The lowest BCUT2D eigenvalue weighted by Crippen LogP contribution is -2.37. The van der Waals surface area contributed by atoms with E-state index in [9.17, 15) is 4.79 Å². The van der Waals surface area contributed by atoms with Crippen LogP contribution >= 0.6 is 0 Å². The predicted octanol–water partition coefficient (Wildman–Crippen LogP) is 2.93. The minimum atomic E-state index is -0.781. The second-order valence-electron chi connectivity index (χ2n) is 3.95. The molecule has 0 saturated carbocycles. The van der Waals surface area contributed by atoms with Gasteiger partial charge >= 0.3 is 5.97 Å². The third-order valence-corrected chi connectivity index (χ3v) is 2.30. The van der Waals surface area contributed by atoms with Gasteiger partial charge in [-0.2, -0.15) is 0 Å². The van der Waals surface area contributed by atoms with E-state index in [0.717, 1.165) is 25.7 Å². The fraction of sp³-hybridized carbons (Fsp3) is 0.583. The smallest absolute Gasteiger partial charge is 0.337 e. The average Bonchev–Trinajstić information content (AvgIpc) is 2.10. The summed E-state index contributed by atoms with van der Waals surface area (Å²) < 4.78 is 10.7. The Morgan fingerprint density at radius 3 is 2.80 bits per heavy atom. The first-order valence-corrected chi connectivity index (χ1v) is 5.27. The van der Waals surface area contributed by atoms with Crippen LogP contribution in [0, 0.1) is 0 Å². The zero-order valence-electron chi connectivity index (χ0n) is 9.41. The molecule has 84 valence electrons. The third kappa shape index (κ3) is 3.78. The molecule has 0 fully saturated rings. The number of ether oxygens (including phenoxy) is 2. The highest BCUT2D eigenvalue weighted by Gasteiger charge is 2.33. The van der Waals surface area contributed by atoms with Gasteiger partial charge in [-0.3, -0.25) is 0 Å². The summed E-state index contributed by atoms with van der Waals surface area (Å²) in [4.78, 5) is 11.2. The summed E-state index contributed by atoms with van der Waals surface area (Å²) in [6.45, 7) is 7.23. The Hall–Kier alpha value is -1.25. The Morgan fingerprint density at radius 2 is 2.20 bits per heavy atom. The van der Waals surface area contributed by atoms with Gasteiger partial charge in [0.2, 0.25) is 0 Å². The van der Waals surface area contributed by atoms with Gasteiger partial charge in [0.05, 0.1) is 6.08 Å². The van der Waals surface area contributed by atoms with Crippen LogP contribution in [0.2, 0.25) is 0 Å². The molecule has 1 atom stereocenters. The van der Waals surface area contributed by atoms with E-state index < -0.39 is 5.79 Å². The molecule has 1 unspecified atom stereocenters. The van der Waals surface area contributed by atoms with Crippen molar-refractivity contribution in [2.75, 3.05) is 0 Å². The first-order chi connectivity index (χ1) is 7.06. The molecule has 0 aromatic heterocycles. The lowest BCUT2D eigenvalue weighted by Gasteiger charge is -2.33. The molecule has 1 aliphatic rings. The van der Waals surface area contributed by atoms with E-state index in [4.69, 9.17) is 9.47 Å². The summed E-state index contributed by atoms with van der Waals surface area (Å²) in [5.74, 6) is -0.473. The van der Waals surface area contributed by atoms with E-state index in [-0.39, 0.29) is 5.97 Å². The zero-order chi connectivity index (χ0) is 11.3. The number of esters is 1.